The number of nitrogens with zero attached hydrogens (tertiary/aromatic N) is 1. The highest BCUT2D eigenvalue weighted by Crippen LogP contribution is 2.35. The van der Waals surface area contributed by atoms with Crippen molar-refractivity contribution in [2.45, 2.75) is 46.6 Å². The first-order valence-electron chi connectivity index (χ1n) is 9.90. The van der Waals surface area contributed by atoms with E-state index in [1.807, 2.05) is 0 Å². The van der Waals surface area contributed by atoms with Gasteiger partial charge in [0.2, 0.25) is 5.91 Å². The molecule has 0 unspecified atom stereocenters. The molecule has 0 spiro atoms. The summed E-state index contributed by atoms with van der Waals surface area (Å²) in [5.74, 6) is 0.617. The molecule has 3 heteroatoms. The van der Waals surface area contributed by atoms with Crippen molar-refractivity contribution in [3.8, 4) is 0 Å². The Morgan fingerprint density at radius 2 is 1.89 bits per heavy atom. The summed E-state index contributed by atoms with van der Waals surface area (Å²) in [5.41, 5.74) is 4.89. The van der Waals surface area contributed by atoms with Gasteiger partial charge in [0.05, 0.1) is 0 Å². The summed E-state index contributed by atoms with van der Waals surface area (Å²) in [7, 11) is 0. The Morgan fingerprint density at radius 3 is 2.59 bits per heavy atom. The van der Waals surface area contributed by atoms with Crippen LogP contribution in [0.2, 0.25) is 0 Å². The first kappa shape index (κ1) is 19.2. The fraction of sp³-hybridized carbons (Fsp3) is 0.375. The number of rotatable bonds is 7. The molecule has 3 nitrogen and oxygen atoms in total. The summed E-state index contributed by atoms with van der Waals surface area (Å²) in [6, 6.07) is 17.0. The van der Waals surface area contributed by atoms with Gasteiger partial charge in [0.1, 0.15) is 0 Å². The molecule has 0 saturated carbocycles. The van der Waals surface area contributed by atoms with E-state index in [9.17, 15) is 4.79 Å². The lowest BCUT2D eigenvalue weighted by molar-refractivity contribution is -0.121. The summed E-state index contributed by atoms with van der Waals surface area (Å²) in [5, 5.41) is 4.33. The number of nitrogens with one attached hydrogen (secondary N) is 1. The van der Waals surface area contributed by atoms with Crippen LogP contribution in [0, 0.1) is 12.8 Å². The highest BCUT2D eigenvalue weighted by atomic mass is 16.1. The SMILES string of the molecule is CCn1cc([C@@H](CC(=O)NCC(C)C)c2cccc(C)c2)c2ccccc21. The van der Waals surface area contributed by atoms with Gasteiger partial charge in [0.25, 0.3) is 0 Å². The van der Waals surface area contributed by atoms with Gasteiger partial charge in [-0.2, -0.15) is 0 Å². The molecular formula is C24H30N2O. The molecule has 1 amide bonds. The van der Waals surface area contributed by atoms with Crippen molar-refractivity contribution in [3.05, 3.63) is 71.4 Å². The second-order valence-corrected chi connectivity index (χ2v) is 7.76. The highest BCUT2D eigenvalue weighted by Gasteiger charge is 2.22. The van der Waals surface area contributed by atoms with Gasteiger partial charge >= 0.3 is 0 Å². The van der Waals surface area contributed by atoms with Gasteiger partial charge in [-0.1, -0.05) is 61.9 Å². The van der Waals surface area contributed by atoms with Gasteiger partial charge in [0, 0.05) is 42.5 Å². The average Bonchev–Trinajstić information content (AvgIpc) is 3.03. The second-order valence-electron chi connectivity index (χ2n) is 7.76. The Hall–Kier alpha value is -2.55. The van der Waals surface area contributed by atoms with E-state index in [-0.39, 0.29) is 11.8 Å². The van der Waals surface area contributed by atoms with Crippen LogP contribution in [-0.2, 0) is 11.3 Å². The van der Waals surface area contributed by atoms with Gasteiger partial charge in [-0.15, -0.1) is 0 Å². The zero-order valence-corrected chi connectivity index (χ0v) is 16.8. The van der Waals surface area contributed by atoms with Gasteiger partial charge in [-0.25, -0.2) is 0 Å². The predicted molar refractivity (Wildman–Crippen MR) is 113 cm³/mol. The first-order valence-corrected chi connectivity index (χ1v) is 9.90. The minimum Gasteiger partial charge on any atom is -0.356 e. The van der Waals surface area contributed by atoms with Crippen molar-refractivity contribution in [2.75, 3.05) is 6.54 Å². The number of fused-ring (bicyclic) bond motifs is 1. The number of amides is 1. The van der Waals surface area contributed by atoms with Crippen LogP contribution < -0.4 is 5.32 Å². The van der Waals surface area contributed by atoms with Crippen molar-refractivity contribution in [2.24, 2.45) is 5.92 Å². The smallest absolute Gasteiger partial charge is 0.220 e. The zero-order valence-electron chi connectivity index (χ0n) is 16.8. The minimum atomic E-state index is 0.0507. The summed E-state index contributed by atoms with van der Waals surface area (Å²) in [4.78, 5) is 12.7. The molecule has 0 saturated heterocycles. The molecule has 3 rings (SSSR count). The molecule has 0 fully saturated rings. The topological polar surface area (TPSA) is 34.0 Å². The van der Waals surface area contributed by atoms with Crippen LogP contribution in [0.3, 0.4) is 0 Å². The third-order valence-electron chi connectivity index (χ3n) is 5.08. The normalized spacial score (nSPS) is 12.5. The van der Waals surface area contributed by atoms with Crippen LogP contribution in [0.25, 0.3) is 10.9 Å². The van der Waals surface area contributed by atoms with E-state index in [4.69, 9.17) is 0 Å². The maximum atomic E-state index is 12.7. The average molecular weight is 363 g/mol. The highest BCUT2D eigenvalue weighted by molar-refractivity contribution is 5.86. The number of carbonyl (C=O) groups is 1. The van der Waals surface area contributed by atoms with Gasteiger partial charge < -0.3 is 9.88 Å². The van der Waals surface area contributed by atoms with Crippen LogP contribution >= 0.6 is 0 Å². The molecule has 1 heterocycles. The van der Waals surface area contributed by atoms with Crippen molar-refractivity contribution in [1.29, 1.82) is 0 Å². The van der Waals surface area contributed by atoms with E-state index < -0.39 is 0 Å². The van der Waals surface area contributed by atoms with Crippen LogP contribution in [0.4, 0.5) is 0 Å². The molecule has 27 heavy (non-hydrogen) atoms. The molecule has 1 N–H and O–H groups in total. The number of benzene rings is 2. The Morgan fingerprint density at radius 1 is 1.11 bits per heavy atom. The standard InChI is InChI=1S/C24H30N2O/c1-5-26-16-22(20-11-6-7-12-23(20)26)21(14-24(27)25-15-17(2)3)19-10-8-9-18(4)13-19/h6-13,16-17,21H,5,14-15H2,1-4H3,(H,25,27)/t21-/m0/s1. The summed E-state index contributed by atoms with van der Waals surface area (Å²) in [6.45, 7) is 10.1. The zero-order chi connectivity index (χ0) is 19.4. The van der Waals surface area contributed by atoms with E-state index in [0.29, 0.717) is 12.3 Å². The third kappa shape index (κ3) is 4.41. The monoisotopic (exact) mass is 362 g/mol. The molecule has 3 aromatic rings. The maximum absolute atomic E-state index is 12.7. The minimum absolute atomic E-state index is 0.0507. The molecular weight excluding hydrogens is 332 g/mol. The Kier molecular flexibility index (Phi) is 6.00. The lowest BCUT2D eigenvalue weighted by atomic mass is 9.87. The lowest BCUT2D eigenvalue weighted by Crippen LogP contribution is -2.28. The van der Waals surface area contributed by atoms with Crippen LogP contribution in [0.15, 0.2) is 54.7 Å². The number of hydrogen-bond acceptors (Lipinski definition) is 1. The van der Waals surface area contributed by atoms with E-state index in [1.54, 1.807) is 0 Å². The number of para-hydroxylation sites is 1. The predicted octanol–water partition coefficient (Wildman–Crippen LogP) is 5.26. The number of hydrogen-bond donors (Lipinski definition) is 1. The Bertz CT molecular complexity index is 923. The number of aryl methyl sites for hydroxylation is 2. The summed E-state index contributed by atoms with van der Waals surface area (Å²) in [6.07, 6.45) is 2.70. The van der Waals surface area contributed by atoms with Gasteiger partial charge in [0.15, 0.2) is 0 Å². The fourth-order valence-electron chi connectivity index (χ4n) is 3.68. The molecule has 0 radical (unpaired) electrons. The van der Waals surface area contributed by atoms with Crippen molar-refractivity contribution in [1.82, 2.24) is 9.88 Å². The van der Waals surface area contributed by atoms with Gasteiger partial charge in [-0.05, 0) is 37.0 Å². The van der Waals surface area contributed by atoms with Crippen molar-refractivity contribution < 1.29 is 4.79 Å². The van der Waals surface area contributed by atoms with E-state index in [2.05, 4.69) is 92.3 Å². The number of carbonyl (C=O) groups excluding carboxylic acids is 1. The van der Waals surface area contributed by atoms with Gasteiger partial charge in [-0.3, -0.25) is 4.79 Å². The quantitative estimate of drug-likeness (QED) is 0.611. The number of aromatic nitrogens is 1. The maximum Gasteiger partial charge on any atom is 0.220 e. The molecule has 0 aliphatic carbocycles. The first-order chi connectivity index (χ1) is 13.0. The Balaban J connectivity index is 2.03. The van der Waals surface area contributed by atoms with E-state index >= 15 is 0 Å². The third-order valence-corrected chi connectivity index (χ3v) is 5.08. The largest absolute Gasteiger partial charge is 0.356 e. The van der Waals surface area contributed by atoms with Crippen LogP contribution in [-0.4, -0.2) is 17.0 Å². The molecule has 1 aromatic heterocycles. The van der Waals surface area contributed by atoms with Crippen molar-refractivity contribution >= 4 is 16.8 Å². The summed E-state index contributed by atoms with van der Waals surface area (Å²) < 4.78 is 2.28. The Labute approximate surface area is 162 Å². The molecule has 0 bridgehead atoms. The van der Waals surface area contributed by atoms with E-state index in [0.717, 1.165) is 13.1 Å². The summed E-state index contributed by atoms with van der Waals surface area (Å²) >= 11 is 0. The molecule has 142 valence electrons. The van der Waals surface area contributed by atoms with E-state index in [1.165, 1.54) is 27.6 Å². The second kappa shape index (κ2) is 8.43. The fourth-order valence-corrected chi connectivity index (χ4v) is 3.68. The van der Waals surface area contributed by atoms with Crippen molar-refractivity contribution in [3.63, 3.8) is 0 Å². The van der Waals surface area contributed by atoms with Crippen LogP contribution in [0.1, 0.15) is 49.8 Å². The molecule has 0 aliphatic rings. The lowest BCUT2D eigenvalue weighted by Gasteiger charge is -2.18. The molecule has 2 aromatic carbocycles. The van der Waals surface area contributed by atoms with Crippen LogP contribution in [0.5, 0.6) is 0 Å². The molecule has 1 atom stereocenters. The molecule has 0 aliphatic heterocycles.